The van der Waals surface area contributed by atoms with Crippen molar-refractivity contribution in [2.45, 2.75) is 4.90 Å². The lowest BCUT2D eigenvalue weighted by molar-refractivity contribution is 0.587. The van der Waals surface area contributed by atoms with E-state index < -0.39 is 21.4 Å². The zero-order valence-electron chi connectivity index (χ0n) is 12.0. The van der Waals surface area contributed by atoms with Crippen molar-refractivity contribution in [2.75, 3.05) is 5.73 Å². The van der Waals surface area contributed by atoms with Gasteiger partial charge in [-0.25, -0.2) is 18.0 Å². The summed E-state index contributed by atoms with van der Waals surface area (Å²) in [6.45, 7) is 0. The van der Waals surface area contributed by atoms with Gasteiger partial charge in [-0.3, -0.25) is 0 Å². The molecular weight excluding hydrogens is 334 g/mol. The van der Waals surface area contributed by atoms with Gasteiger partial charge in [0, 0.05) is 5.69 Å². The number of rotatable bonds is 2. The third-order valence-electron chi connectivity index (χ3n) is 3.69. The maximum absolute atomic E-state index is 12.9. The van der Waals surface area contributed by atoms with Crippen LogP contribution in [-0.2, 0) is 10.0 Å². The van der Waals surface area contributed by atoms with Gasteiger partial charge in [-0.2, -0.15) is 3.97 Å². The molecule has 0 saturated heterocycles. The van der Waals surface area contributed by atoms with Crippen LogP contribution in [0.25, 0.3) is 22.1 Å². The van der Waals surface area contributed by atoms with E-state index in [1.807, 2.05) is 0 Å². The van der Waals surface area contributed by atoms with Gasteiger partial charge in [0.1, 0.15) is 0 Å². The SMILES string of the molecule is Nc1ccc2c(c1)[nH]c(=O)n2S(=O)(=O)c1ccc2[nH]c(=O)[nH]c2c1. The van der Waals surface area contributed by atoms with Gasteiger partial charge in [0.25, 0.3) is 10.0 Å². The van der Waals surface area contributed by atoms with Crippen LogP contribution >= 0.6 is 0 Å². The lowest BCUT2D eigenvalue weighted by Crippen LogP contribution is -2.25. The van der Waals surface area contributed by atoms with Gasteiger partial charge < -0.3 is 20.7 Å². The van der Waals surface area contributed by atoms with E-state index in [0.717, 1.165) is 0 Å². The molecular formula is C14H11N5O4S. The van der Waals surface area contributed by atoms with Crippen LogP contribution in [0.1, 0.15) is 0 Å². The van der Waals surface area contributed by atoms with Crippen molar-refractivity contribution in [1.82, 2.24) is 18.9 Å². The Morgan fingerprint density at radius 1 is 0.875 bits per heavy atom. The zero-order valence-corrected chi connectivity index (χ0v) is 12.8. The van der Waals surface area contributed by atoms with Crippen molar-refractivity contribution in [3.63, 3.8) is 0 Å². The molecule has 2 heterocycles. The van der Waals surface area contributed by atoms with Gasteiger partial charge in [0.2, 0.25) is 0 Å². The number of imidazole rings is 2. The van der Waals surface area contributed by atoms with E-state index in [2.05, 4.69) is 15.0 Å². The molecule has 0 aliphatic rings. The van der Waals surface area contributed by atoms with Gasteiger partial charge in [0.15, 0.2) is 0 Å². The second-order valence-corrected chi connectivity index (χ2v) is 7.05. The van der Waals surface area contributed by atoms with Crippen LogP contribution < -0.4 is 17.1 Å². The van der Waals surface area contributed by atoms with E-state index in [4.69, 9.17) is 5.73 Å². The highest BCUT2D eigenvalue weighted by molar-refractivity contribution is 7.90. The molecule has 0 saturated carbocycles. The number of nitrogen functional groups attached to an aromatic ring is 1. The molecule has 4 aromatic rings. The van der Waals surface area contributed by atoms with Crippen LogP contribution in [0.15, 0.2) is 50.9 Å². The molecule has 0 spiro atoms. The van der Waals surface area contributed by atoms with Crippen LogP contribution in [0.5, 0.6) is 0 Å². The number of hydrogen-bond donors (Lipinski definition) is 4. The van der Waals surface area contributed by atoms with Crippen molar-refractivity contribution < 1.29 is 8.42 Å². The van der Waals surface area contributed by atoms with Gasteiger partial charge >= 0.3 is 11.4 Å². The Kier molecular flexibility index (Phi) is 2.76. The lowest BCUT2D eigenvalue weighted by Gasteiger charge is -2.06. The van der Waals surface area contributed by atoms with Crippen molar-refractivity contribution in [3.05, 3.63) is 57.4 Å². The number of aromatic amines is 3. The number of anilines is 1. The first-order valence-electron chi connectivity index (χ1n) is 6.84. The number of nitrogens with zero attached hydrogens (tertiary/aromatic N) is 1. The normalized spacial score (nSPS) is 12.2. The zero-order chi connectivity index (χ0) is 17.1. The Labute approximate surface area is 133 Å². The molecule has 0 fully saturated rings. The van der Waals surface area contributed by atoms with Gasteiger partial charge in [-0.05, 0) is 36.4 Å². The van der Waals surface area contributed by atoms with Crippen LogP contribution in [0.2, 0.25) is 0 Å². The summed E-state index contributed by atoms with van der Waals surface area (Å²) in [5, 5.41) is 0. The standard InChI is InChI=1S/C14H11N5O4S/c15-7-1-4-12-11(5-7)18-14(21)19(12)24(22,23)8-2-3-9-10(6-8)17-13(20)16-9/h1-6H,15H2,(H,18,21)(H2,16,17,20). The highest BCUT2D eigenvalue weighted by Gasteiger charge is 2.23. The highest BCUT2D eigenvalue weighted by atomic mass is 32.2. The monoisotopic (exact) mass is 345 g/mol. The first-order valence-corrected chi connectivity index (χ1v) is 8.28. The molecule has 0 unspecified atom stereocenters. The summed E-state index contributed by atoms with van der Waals surface area (Å²) in [7, 11) is -4.15. The van der Waals surface area contributed by atoms with E-state index in [1.54, 1.807) is 0 Å². The number of H-pyrrole nitrogens is 3. The van der Waals surface area contributed by atoms with E-state index in [-0.39, 0.29) is 10.4 Å². The predicted molar refractivity (Wildman–Crippen MR) is 88.5 cm³/mol. The summed E-state index contributed by atoms with van der Waals surface area (Å²) in [5.74, 6) is 0. The minimum absolute atomic E-state index is 0.120. The fraction of sp³-hybridized carbons (Fsp3) is 0. The molecule has 0 radical (unpaired) electrons. The predicted octanol–water partition coefficient (Wildman–Crippen LogP) is 0.318. The van der Waals surface area contributed by atoms with E-state index in [1.165, 1.54) is 36.4 Å². The Balaban J connectivity index is 2.01. The number of nitrogens with one attached hydrogen (secondary N) is 3. The summed E-state index contributed by atoms with van der Waals surface area (Å²) >= 11 is 0. The van der Waals surface area contributed by atoms with Gasteiger partial charge in [-0.1, -0.05) is 0 Å². The number of hydrogen-bond acceptors (Lipinski definition) is 5. The van der Waals surface area contributed by atoms with Gasteiger partial charge in [-0.15, -0.1) is 0 Å². The fourth-order valence-corrected chi connectivity index (χ4v) is 4.02. The average molecular weight is 345 g/mol. The molecule has 122 valence electrons. The average Bonchev–Trinajstić information content (AvgIpc) is 3.03. The Hall–Kier alpha value is -3.27. The Morgan fingerprint density at radius 3 is 2.42 bits per heavy atom. The third kappa shape index (κ3) is 1.97. The summed E-state index contributed by atoms with van der Waals surface area (Å²) in [4.78, 5) is 30.8. The van der Waals surface area contributed by atoms with Crippen LogP contribution in [0.3, 0.4) is 0 Å². The van der Waals surface area contributed by atoms with E-state index in [0.29, 0.717) is 26.2 Å². The Bertz CT molecular complexity index is 1320. The Morgan fingerprint density at radius 2 is 1.62 bits per heavy atom. The number of benzene rings is 2. The largest absolute Gasteiger partial charge is 0.399 e. The third-order valence-corrected chi connectivity index (χ3v) is 5.38. The molecule has 4 rings (SSSR count). The lowest BCUT2D eigenvalue weighted by atomic mass is 10.3. The van der Waals surface area contributed by atoms with Crippen molar-refractivity contribution in [1.29, 1.82) is 0 Å². The minimum Gasteiger partial charge on any atom is -0.399 e. The summed E-state index contributed by atoms with van der Waals surface area (Å²) in [6.07, 6.45) is 0. The van der Waals surface area contributed by atoms with Crippen LogP contribution in [-0.4, -0.2) is 27.3 Å². The molecule has 0 aliphatic heterocycles. The molecule has 0 atom stereocenters. The molecule has 0 bridgehead atoms. The fourth-order valence-electron chi connectivity index (χ4n) is 2.62. The van der Waals surface area contributed by atoms with Crippen LogP contribution in [0.4, 0.5) is 5.69 Å². The number of nitrogens with two attached hydrogens (primary N) is 1. The van der Waals surface area contributed by atoms with Crippen molar-refractivity contribution >= 4 is 37.8 Å². The maximum Gasteiger partial charge on any atom is 0.340 e. The highest BCUT2D eigenvalue weighted by Crippen LogP contribution is 2.21. The number of fused-ring (bicyclic) bond motifs is 2. The quantitative estimate of drug-likeness (QED) is 0.386. The van der Waals surface area contributed by atoms with Gasteiger partial charge in [0.05, 0.1) is 27.0 Å². The molecule has 24 heavy (non-hydrogen) atoms. The van der Waals surface area contributed by atoms with E-state index in [9.17, 15) is 18.0 Å². The summed E-state index contributed by atoms with van der Waals surface area (Å²) in [5.41, 5.74) is 6.13. The van der Waals surface area contributed by atoms with Crippen molar-refractivity contribution in [3.8, 4) is 0 Å². The molecule has 0 aliphatic carbocycles. The molecule has 9 nitrogen and oxygen atoms in total. The summed E-state index contributed by atoms with van der Waals surface area (Å²) < 4.78 is 26.4. The minimum atomic E-state index is -4.15. The molecule has 10 heteroatoms. The molecule has 2 aromatic carbocycles. The molecule has 0 amide bonds. The topological polar surface area (TPSA) is 147 Å². The van der Waals surface area contributed by atoms with E-state index >= 15 is 0 Å². The second-order valence-electron chi connectivity index (χ2n) is 5.26. The maximum atomic E-state index is 12.9. The second kappa shape index (κ2) is 4.61. The molecule has 2 aromatic heterocycles. The first kappa shape index (κ1) is 14.3. The molecule has 5 N–H and O–H groups in total. The summed E-state index contributed by atoms with van der Waals surface area (Å²) in [6, 6.07) is 8.52. The first-order chi connectivity index (χ1) is 11.4. The number of aromatic nitrogens is 4. The van der Waals surface area contributed by atoms with Crippen LogP contribution in [0, 0.1) is 0 Å². The smallest absolute Gasteiger partial charge is 0.340 e. The van der Waals surface area contributed by atoms with Crippen molar-refractivity contribution in [2.24, 2.45) is 0 Å².